The van der Waals surface area contributed by atoms with Crippen molar-refractivity contribution in [1.82, 2.24) is 5.32 Å². The van der Waals surface area contributed by atoms with Crippen LogP contribution in [0.5, 0.6) is 0 Å². The second kappa shape index (κ2) is 6.64. The lowest BCUT2D eigenvalue weighted by molar-refractivity contribution is -0.137. The maximum atomic E-state index is 13.5. The maximum absolute atomic E-state index is 13.5. The van der Waals surface area contributed by atoms with Crippen LogP contribution in [-0.4, -0.2) is 6.03 Å². The minimum Gasteiger partial charge on any atom is -0.334 e. The van der Waals surface area contributed by atoms with E-state index in [0.717, 1.165) is 0 Å². The molecule has 2 aromatic rings. The third kappa shape index (κ3) is 4.67. The Labute approximate surface area is 128 Å². The largest absolute Gasteiger partial charge is 0.416 e. The molecule has 0 saturated heterocycles. The number of carbonyl (C=O) groups is 1. The second-order valence-electron chi connectivity index (χ2n) is 4.63. The summed E-state index contributed by atoms with van der Waals surface area (Å²) in [5, 5.41) is 4.34. The van der Waals surface area contributed by atoms with Gasteiger partial charge >= 0.3 is 12.2 Å². The predicted octanol–water partition coefficient (Wildman–Crippen LogP) is 4.31. The van der Waals surface area contributed by atoms with Gasteiger partial charge in [0.25, 0.3) is 0 Å². The number of amides is 2. The standard InChI is InChI=1S/C15H11F5N2O/c16-11-4-1-9(2-5-11)8-21-14(23)22-13-7-10(15(18,19)20)3-6-12(13)17/h1-7H,8H2,(H2,21,22,23). The van der Waals surface area contributed by atoms with Crippen LogP contribution in [0.4, 0.5) is 32.4 Å². The van der Waals surface area contributed by atoms with Crippen molar-refractivity contribution in [1.29, 1.82) is 0 Å². The molecule has 0 heterocycles. The molecule has 3 nitrogen and oxygen atoms in total. The highest BCUT2D eigenvalue weighted by molar-refractivity contribution is 5.89. The SMILES string of the molecule is O=C(NCc1ccc(F)cc1)Nc1cc(C(F)(F)F)ccc1F. The number of carbonyl (C=O) groups excluding carboxylic acids is 1. The highest BCUT2D eigenvalue weighted by Gasteiger charge is 2.31. The Morgan fingerprint density at radius 1 is 1.00 bits per heavy atom. The number of halogens is 5. The molecule has 0 atom stereocenters. The average Bonchev–Trinajstić information content (AvgIpc) is 2.48. The van der Waals surface area contributed by atoms with Crippen LogP contribution in [0.15, 0.2) is 42.5 Å². The van der Waals surface area contributed by atoms with E-state index < -0.39 is 35.1 Å². The first-order valence-electron chi connectivity index (χ1n) is 6.42. The number of alkyl halides is 3. The van der Waals surface area contributed by atoms with E-state index >= 15 is 0 Å². The van der Waals surface area contributed by atoms with Gasteiger partial charge in [0.05, 0.1) is 11.3 Å². The Balaban J connectivity index is 2.01. The van der Waals surface area contributed by atoms with Crippen LogP contribution >= 0.6 is 0 Å². The van der Waals surface area contributed by atoms with Crippen LogP contribution < -0.4 is 10.6 Å². The van der Waals surface area contributed by atoms with E-state index in [1.54, 1.807) is 0 Å². The molecule has 0 aliphatic heterocycles. The van der Waals surface area contributed by atoms with E-state index in [-0.39, 0.29) is 6.54 Å². The maximum Gasteiger partial charge on any atom is 0.416 e. The van der Waals surface area contributed by atoms with Gasteiger partial charge < -0.3 is 10.6 Å². The van der Waals surface area contributed by atoms with E-state index in [1.165, 1.54) is 24.3 Å². The number of anilines is 1. The molecule has 2 rings (SSSR count). The average molecular weight is 330 g/mol. The van der Waals surface area contributed by atoms with Gasteiger partial charge in [0.15, 0.2) is 0 Å². The van der Waals surface area contributed by atoms with Crippen LogP contribution in [0.25, 0.3) is 0 Å². The third-order valence-corrected chi connectivity index (χ3v) is 2.91. The summed E-state index contributed by atoms with van der Waals surface area (Å²) in [7, 11) is 0. The lowest BCUT2D eigenvalue weighted by Crippen LogP contribution is -2.28. The lowest BCUT2D eigenvalue weighted by Gasteiger charge is -2.11. The second-order valence-corrected chi connectivity index (χ2v) is 4.63. The van der Waals surface area contributed by atoms with Crippen LogP contribution in [-0.2, 0) is 12.7 Å². The Bertz CT molecular complexity index is 698. The first-order chi connectivity index (χ1) is 10.8. The summed E-state index contributed by atoms with van der Waals surface area (Å²) in [5.41, 5.74) is -1.09. The Morgan fingerprint density at radius 3 is 2.26 bits per heavy atom. The molecule has 0 unspecified atom stereocenters. The Kier molecular flexibility index (Phi) is 4.83. The number of benzene rings is 2. The zero-order chi connectivity index (χ0) is 17.0. The summed E-state index contributed by atoms with van der Waals surface area (Å²) in [4.78, 5) is 11.6. The Hall–Kier alpha value is -2.64. The normalized spacial score (nSPS) is 11.2. The minimum atomic E-state index is -4.64. The topological polar surface area (TPSA) is 41.1 Å². The van der Waals surface area contributed by atoms with Crippen molar-refractivity contribution in [3.05, 3.63) is 65.2 Å². The van der Waals surface area contributed by atoms with Crippen LogP contribution in [0, 0.1) is 11.6 Å². The van der Waals surface area contributed by atoms with Gasteiger partial charge in [-0.2, -0.15) is 13.2 Å². The predicted molar refractivity (Wildman–Crippen MR) is 73.7 cm³/mol. The summed E-state index contributed by atoms with van der Waals surface area (Å²) in [6.45, 7) is 0.00664. The molecule has 0 spiro atoms. The van der Waals surface area contributed by atoms with Crippen molar-refractivity contribution in [3.8, 4) is 0 Å². The lowest BCUT2D eigenvalue weighted by atomic mass is 10.2. The Morgan fingerprint density at radius 2 is 1.65 bits per heavy atom. The molecule has 2 amide bonds. The highest BCUT2D eigenvalue weighted by atomic mass is 19.4. The van der Waals surface area contributed by atoms with E-state index in [0.29, 0.717) is 23.8 Å². The molecule has 0 aliphatic rings. The van der Waals surface area contributed by atoms with E-state index in [9.17, 15) is 26.7 Å². The number of hydrogen-bond donors (Lipinski definition) is 2. The van der Waals surface area contributed by atoms with Gasteiger partial charge in [-0.15, -0.1) is 0 Å². The molecule has 122 valence electrons. The van der Waals surface area contributed by atoms with Gasteiger partial charge in [-0.25, -0.2) is 13.6 Å². The van der Waals surface area contributed by atoms with Gasteiger partial charge in [-0.05, 0) is 35.9 Å². The van der Waals surface area contributed by atoms with Gasteiger partial charge in [0.2, 0.25) is 0 Å². The third-order valence-electron chi connectivity index (χ3n) is 2.91. The molecule has 0 aliphatic carbocycles. The molecule has 8 heteroatoms. The zero-order valence-corrected chi connectivity index (χ0v) is 11.5. The zero-order valence-electron chi connectivity index (χ0n) is 11.5. The summed E-state index contributed by atoms with van der Waals surface area (Å²) in [6.07, 6.45) is -4.64. The minimum absolute atomic E-state index is 0.00664. The van der Waals surface area contributed by atoms with Crippen LogP contribution in [0.2, 0.25) is 0 Å². The molecule has 0 bridgehead atoms. The van der Waals surface area contributed by atoms with Crippen molar-refractivity contribution in [2.24, 2.45) is 0 Å². The number of urea groups is 1. The van der Waals surface area contributed by atoms with Gasteiger partial charge in [-0.3, -0.25) is 0 Å². The molecule has 0 aromatic heterocycles. The molecule has 23 heavy (non-hydrogen) atoms. The molecule has 0 fully saturated rings. The van der Waals surface area contributed by atoms with E-state index in [4.69, 9.17) is 0 Å². The van der Waals surface area contributed by atoms with Gasteiger partial charge in [0.1, 0.15) is 11.6 Å². The molecular formula is C15H11F5N2O. The summed E-state index contributed by atoms with van der Waals surface area (Å²) in [5.74, 6) is -1.43. The van der Waals surface area contributed by atoms with E-state index in [2.05, 4.69) is 5.32 Å². The van der Waals surface area contributed by atoms with Crippen molar-refractivity contribution < 1.29 is 26.7 Å². The molecule has 2 aromatic carbocycles. The van der Waals surface area contributed by atoms with Crippen LogP contribution in [0.3, 0.4) is 0 Å². The summed E-state index contributed by atoms with van der Waals surface area (Å²) >= 11 is 0. The fourth-order valence-electron chi connectivity index (χ4n) is 1.75. The van der Waals surface area contributed by atoms with Gasteiger partial charge in [0, 0.05) is 6.54 Å². The number of rotatable bonds is 3. The molecule has 0 saturated carbocycles. The fraction of sp³-hybridized carbons (Fsp3) is 0.133. The first-order valence-corrected chi connectivity index (χ1v) is 6.42. The fourth-order valence-corrected chi connectivity index (χ4v) is 1.75. The quantitative estimate of drug-likeness (QED) is 0.809. The molecule has 0 radical (unpaired) electrons. The molecule has 2 N–H and O–H groups in total. The highest BCUT2D eigenvalue weighted by Crippen LogP contribution is 2.31. The monoisotopic (exact) mass is 330 g/mol. The van der Waals surface area contributed by atoms with Crippen LogP contribution in [0.1, 0.15) is 11.1 Å². The van der Waals surface area contributed by atoms with Crippen molar-refractivity contribution in [2.75, 3.05) is 5.32 Å². The summed E-state index contributed by atoms with van der Waals surface area (Å²) in [6, 6.07) is 6.08. The van der Waals surface area contributed by atoms with Crippen molar-refractivity contribution in [3.63, 3.8) is 0 Å². The summed E-state index contributed by atoms with van der Waals surface area (Å²) < 4.78 is 63.9. The smallest absolute Gasteiger partial charge is 0.334 e. The first kappa shape index (κ1) is 16.7. The molecular weight excluding hydrogens is 319 g/mol. The van der Waals surface area contributed by atoms with E-state index in [1.807, 2.05) is 5.32 Å². The number of nitrogens with one attached hydrogen (secondary N) is 2. The van der Waals surface area contributed by atoms with Crippen molar-refractivity contribution >= 4 is 11.7 Å². The van der Waals surface area contributed by atoms with Gasteiger partial charge in [-0.1, -0.05) is 12.1 Å². The van der Waals surface area contributed by atoms with Crippen molar-refractivity contribution in [2.45, 2.75) is 12.7 Å². The number of hydrogen-bond acceptors (Lipinski definition) is 1.